The molecule has 2 heterocycles. The smallest absolute Gasteiger partial charge is 0.320 e. The van der Waals surface area contributed by atoms with E-state index in [1.54, 1.807) is 21.6 Å². The van der Waals surface area contributed by atoms with Gasteiger partial charge < -0.3 is 19.6 Å². The van der Waals surface area contributed by atoms with Gasteiger partial charge in [-0.15, -0.1) is 0 Å². The molecule has 2 rings (SSSR count). The second-order valence-corrected chi connectivity index (χ2v) is 6.89. The molecule has 0 aromatic heterocycles. The number of carbonyl (C=O) groups is 2. The lowest BCUT2D eigenvalue weighted by molar-refractivity contribution is -0.138. The molecule has 1 N–H and O–H groups in total. The number of thioether (sulfide) groups is 1. The number of ether oxygens (including phenoxy) is 1. The average molecular weight is 316 g/mol. The zero-order valence-corrected chi connectivity index (χ0v) is 13.3. The van der Waals surface area contributed by atoms with E-state index >= 15 is 0 Å². The Labute approximate surface area is 129 Å². The summed E-state index contributed by atoms with van der Waals surface area (Å²) in [5, 5.41) is 8.99. The normalized spacial score (nSPS) is 23.9. The van der Waals surface area contributed by atoms with Crippen molar-refractivity contribution < 1.29 is 19.4 Å². The molecule has 2 amide bonds. The molecule has 2 aliphatic heterocycles. The molecule has 7 heteroatoms. The highest BCUT2D eigenvalue weighted by atomic mass is 32.2. The number of rotatable bonds is 4. The lowest BCUT2D eigenvalue weighted by Crippen LogP contribution is -2.52. The summed E-state index contributed by atoms with van der Waals surface area (Å²) in [4.78, 5) is 27.0. The molecular weight excluding hydrogens is 292 g/mol. The van der Waals surface area contributed by atoms with Gasteiger partial charge in [0.05, 0.1) is 12.5 Å². The molecule has 1 atom stereocenters. The average Bonchev–Trinajstić information content (AvgIpc) is 2.47. The van der Waals surface area contributed by atoms with Crippen LogP contribution in [0.2, 0.25) is 0 Å². The van der Waals surface area contributed by atoms with Crippen LogP contribution in [0.5, 0.6) is 0 Å². The monoisotopic (exact) mass is 316 g/mol. The fraction of sp³-hybridized carbons (Fsp3) is 0.857. The largest absolute Gasteiger partial charge is 0.481 e. The number of carboxylic acid groups (broad SMARTS) is 1. The minimum atomic E-state index is -0.840. The number of hydrogen-bond donors (Lipinski definition) is 1. The lowest BCUT2D eigenvalue weighted by Gasteiger charge is -2.38. The molecule has 2 aliphatic rings. The summed E-state index contributed by atoms with van der Waals surface area (Å²) in [5.41, 5.74) is 0. The Hall–Kier alpha value is -0.950. The van der Waals surface area contributed by atoms with Crippen LogP contribution in [0.3, 0.4) is 0 Å². The van der Waals surface area contributed by atoms with E-state index in [-0.39, 0.29) is 18.5 Å². The van der Waals surface area contributed by atoms with E-state index in [9.17, 15) is 9.59 Å². The molecule has 21 heavy (non-hydrogen) atoms. The summed E-state index contributed by atoms with van der Waals surface area (Å²) >= 11 is 1.72. The van der Waals surface area contributed by atoms with Crippen molar-refractivity contribution in [2.75, 3.05) is 44.9 Å². The van der Waals surface area contributed by atoms with Gasteiger partial charge in [0.2, 0.25) is 0 Å². The van der Waals surface area contributed by atoms with E-state index in [2.05, 4.69) is 0 Å². The zero-order valence-electron chi connectivity index (χ0n) is 12.5. The fourth-order valence-corrected chi connectivity index (χ4v) is 3.95. The van der Waals surface area contributed by atoms with Crippen LogP contribution in [0.15, 0.2) is 0 Å². The third-order valence-electron chi connectivity index (χ3n) is 4.08. The van der Waals surface area contributed by atoms with Crippen molar-refractivity contribution in [1.82, 2.24) is 9.80 Å². The molecule has 2 fully saturated rings. The maximum absolute atomic E-state index is 12.6. The van der Waals surface area contributed by atoms with Crippen molar-refractivity contribution in [2.45, 2.75) is 25.3 Å². The van der Waals surface area contributed by atoms with Crippen molar-refractivity contribution >= 4 is 23.8 Å². The molecule has 0 aromatic rings. The first kappa shape index (κ1) is 16.4. The molecule has 0 aromatic carbocycles. The maximum Gasteiger partial charge on any atom is 0.320 e. The van der Waals surface area contributed by atoms with Gasteiger partial charge in [-0.3, -0.25) is 4.79 Å². The van der Waals surface area contributed by atoms with Gasteiger partial charge in [0.25, 0.3) is 0 Å². The molecule has 0 spiro atoms. The van der Waals surface area contributed by atoms with Gasteiger partial charge in [0, 0.05) is 44.9 Å². The number of nitrogens with zero attached hydrogens (tertiary/aromatic N) is 2. The Morgan fingerprint density at radius 1 is 1.38 bits per heavy atom. The van der Waals surface area contributed by atoms with E-state index < -0.39 is 5.97 Å². The molecule has 0 saturated carbocycles. The van der Waals surface area contributed by atoms with Crippen LogP contribution in [0.4, 0.5) is 4.79 Å². The molecule has 1 unspecified atom stereocenters. The molecule has 0 bridgehead atoms. The molecule has 120 valence electrons. The molecule has 0 aliphatic carbocycles. The zero-order chi connectivity index (χ0) is 15.2. The van der Waals surface area contributed by atoms with E-state index in [0.717, 1.165) is 38.4 Å². The van der Waals surface area contributed by atoms with E-state index in [1.165, 1.54) is 0 Å². The standard InChI is InChI=1S/C14H24N2O4S/c1-15(9-11-2-5-20-6-3-11)14(19)16-4-7-21-10-12(16)8-13(17)18/h11-12H,2-10H2,1H3,(H,17,18). The Morgan fingerprint density at radius 2 is 2.10 bits per heavy atom. The number of amides is 2. The van der Waals surface area contributed by atoms with Crippen molar-refractivity contribution in [1.29, 1.82) is 0 Å². The Balaban J connectivity index is 1.90. The summed E-state index contributed by atoms with van der Waals surface area (Å²) in [6.45, 7) is 2.91. The SMILES string of the molecule is CN(CC1CCOCC1)C(=O)N1CCSCC1CC(=O)O. The molecule has 6 nitrogen and oxygen atoms in total. The third kappa shape index (κ3) is 4.78. The number of carbonyl (C=O) groups excluding carboxylic acids is 1. The minimum Gasteiger partial charge on any atom is -0.481 e. The molecular formula is C14H24N2O4S. The number of aliphatic carboxylic acids is 1. The van der Waals surface area contributed by atoms with E-state index in [4.69, 9.17) is 9.84 Å². The predicted octanol–water partition coefficient (Wildman–Crippen LogP) is 1.36. The summed E-state index contributed by atoms with van der Waals surface area (Å²) in [5.74, 6) is 1.24. The first-order chi connectivity index (χ1) is 10.1. The first-order valence-electron chi connectivity index (χ1n) is 7.47. The molecule has 2 saturated heterocycles. The van der Waals surface area contributed by atoms with E-state index in [0.29, 0.717) is 18.2 Å². The van der Waals surface area contributed by atoms with Gasteiger partial charge >= 0.3 is 12.0 Å². The summed E-state index contributed by atoms with van der Waals surface area (Å²) < 4.78 is 5.34. The third-order valence-corrected chi connectivity index (χ3v) is 5.17. The summed E-state index contributed by atoms with van der Waals surface area (Å²) in [7, 11) is 1.82. The Bertz CT molecular complexity index is 374. The second kappa shape index (κ2) is 7.89. The highest BCUT2D eigenvalue weighted by Crippen LogP contribution is 2.22. The highest BCUT2D eigenvalue weighted by Gasteiger charge is 2.31. The van der Waals surface area contributed by atoms with Gasteiger partial charge in [-0.05, 0) is 18.8 Å². The van der Waals surface area contributed by atoms with Crippen molar-refractivity contribution in [3.05, 3.63) is 0 Å². The predicted molar refractivity (Wildman–Crippen MR) is 81.6 cm³/mol. The second-order valence-electron chi connectivity index (χ2n) is 5.74. The number of urea groups is 1. The van der Waals surface area contributed by atoms with Gasteiger partial charge in [0.15, 0.2) is 0 Å². The van der Waals surface area contributed by atoms with Crippen LogP contribution < -0.4 is 0 Å². The van der Waals surface area contributed by atoms with Crippen LogP contribution >= 0.6 is 11.8 Å². The minimum absolute atomic E-state index is 0.0316. The van der Waals surface area contributed by atoms with Crippen LogP contribution in [0.1, 0.15) is 19.3 Å². The number of carboxylic acids is 1. The van der Waals surface area contributed by atoms with Crippen LogP contribution in [0, 0.1) is 5.92 Å². The van der Waals surface area contributed by atoms with Crippen molar-refractivity contribution in [2.24, 2.45) is 5.92 Å². The van der Waals surface area contributed by atoms with Gasteiger partial charge in [-0.2, -0.15) is 11.8 Å². The Morgan fingerprint density at radius 3 is 2.76 bits per heavy atom. The Kier molecular flexibility index (Phi) is 6.17. The van der Waals surface area contributed by atoms with Crippen LogP contribution in [-0.2, 0) is 9.53 Å². The van der Waals surface area contributed by atoms with Crippen LogP contribution in [-0.4, -0.2) is 77.8 Å². The number of hydrogen-bond acceptors (Lipinski definition) is 4. The van der Waals surface area contributed by atoms with Gasteiger partial charge in [0.1, 0.15) is 0 Å². The van der Waals surface area contributed by atoms with Gasteiger partial charge in [-0.1, -0.05) is 0 Å². The quantitative estimate of drug-likeness (QED) is 0.848. The fourth-order valence-electron chi connectivity index (χ4n) is 2.89. The lowest BCUT2D eigenvalue weighted by atomic mass is 10.00. The highest BCUT2D eigenvalue weighted by molar-refractivity contribution is 7.99. The van der Waals surface area contributed by atoms with Crippen LogP contribution in [0.25, 0.3) is 0 Å². The summed E-state index contributed by atoms with van der Waals surface area (Å²) in [6.07, 6.45) is 2.02. The molecule has 0 radical (unpaired) electrons. The van der Waals surface area contributed by atoms with Crippen molar-refractivity contribution in [3.63, 3.8) is 0 Å². The summed E-state index contributed by atoms with van der Waals surface area (Å²) in [6, 6.07) is -0.223. The first-order valence-corrected chi connectivity index (χ1v) is 8.62. The van der Waals surface area contributed by atoms with Crippen molar-refractivity contribution in [3.8, 4) is 0 Å². The van der Waals surface area contributed by atoms with Gasteiger partial charge in [-0.25, -0.2) is 4.79 Å². The van der Waals surface area contributed by atoms with E-state index in [1.807, 2.05) is 7.05 Å². The maximum atomic E-state index is 12.6. The topological polar surface area (TPSA) is 70.1 Å².